The molecule has 0 saturated carbocycles. The van der Waals surface area contributed by atoms with Crippen molar-refractivity contribution >= 4 is 16.3 Å². The average Bonchev–Trinajstić information content (AvgIpc) is 3.03. The molecule has 0 radical (unpaired) electrons. The molecular formula is C12H16N4O3S. The summed E-state index contributed by atoms with van der Waals surface area (Å²) < 4.78 is 5.51. The van der Waals surface area contributed by atoms with Crippen LogP contribution in [0, 0.1) is 10.1 Å². The number of aromatic nitrogens is 2. The lowest BCUT2D eigenvalue weighted by atomic mass is 10.3. The van der Waals surface area contributed by atoms with Crippen LogP contribution in [0.2, 0.25) is 0 Å². The van der Waals surface area contributed by atoms with Crippen LogP contribution in [-0.4, -0.2) is 27.7 Å². The van der Waals surface area contributed by atoms with E-state index in [1.54, 1.807) is 6.07 Å². The third-order valence-corrected chi connectivity index (χ3v) is 3.59. The largest absolute Gasteiger partial charge is 0.420 e. The molecule has 7 nitrogen and oxygen atoms in total. The number of thiophene rings is 1. The van der Waals surface area contributed by atoms with Crippen LogP contribution in [0.15, 0.2) is 16.5 Å². The Labute approximate surface area is 120 Å². The number of hydrogen-bond acceptors (Lipinski definition) is 7. The summed E-state index contributed by atoms with van der Waals surface area (Å²) in [5, 5.41) is 21.9. The normalized spacial score (nSPS) is 11.2. The predicted molar refractivity (Wildman–Crippen MR) is 75.7 cm³/mol. The van der Waals surface area contributed by atoms with Gasteiger partial charge in [-0.25, -0.2) is 0 Å². The first-order valence-electron chi connectivity index (χ1n) is 6.36. The molecule has 0 spiro atoms. The molecule has 2 rings (SSSR count). The van der Waals surface area contributed by atoms with Crippen LogP contribution in [0.5, 0.6) is 0 Å². The van der Waals surface area contributed by atoms with Crippen LogP contribution in [-0.2, 0) is 6.42 Å². The highest BCUT2D eigenvalue weighted by Gasteiger charge is 2.15. The van der Waals surface area contributed by atoms with E-state index in [-0.39, 0.29) is 5.00 Å². The minimum atomic E-state index is -0.428. The van der Waals surface area contributed by atoms with Gasteiger partial charge < -0.3 is 9.73 Å². The molecule has 1 N–H and O–H groups in total. The Bertz CT molecular complexity index is 579. The first kappa shape index (κ1) is 14.6. The van der Waals surface area contributed by atoms with Gasteiger partial charge in [0.1, 0.15) is 0 Å². The van der Waals surface area contributed by atoms with Gasteiger partial charge in [-0.1, -0.05) is 25.2 Å². The second-order valence-corrected chi connectivity index (χ2v) is 5.67. The first-order valence-corrected chi connectivity index (χ1v) is 7.18. The molecule has 0 amide bonds. The molecule has 2 heterocycles. The van der Waals surface area contributed by atoms with Gasteiger partial charge >= 0.3 is 5.00 Å². The Balaban J connectivity index is 1.92. The van der Waals surface area contributed by atoms with Gasteiger partial charge in [0.25, 0.3) is 5.89 Å². The molecule has 0 aliphatic carbocycles. The highest BCUT2D eigenvalue weighted by Crippen LogP contribution is 2.31. The molecule has 0 aromatic carbocycles. The van der Waals surface area contributed by atoms with E-state index in [1.807, 2.05) is 0 Å². The maximum Gasteiger partial charge on any atom is 0.324 e. The lowest BCUT2D eigenvalue weighted by molar-refractivity contribution is -0.380. The molecule has 8 heteroatoms. The number of nitrogens with one attached hydrogen (secondary N) is 1. The zero-order valence-electron chi connectivity index (χ0n) is 11.3. The van der Waals surface area contributed by atoms with Crippen molar-refractivity contribution in [2.24, 2.45) is 0 Å². The van der Waals surface area contributed by atoms with Crippen LogP contribution >= 0.6 is 11.3 Å². The van der Waals surface area contributed by atoms with E-state index >= 15 is 0 Å². The Hall–Kier alpha value is -1.80. The number of hydrogen-bond donors (Lipinski definition) is 1. The van der Waals surface area contributed by atoms with Crippen molar-refractivity contribution < 1.29 is 9.34 Å². The van der Waals surface area contributed by atoms with E-state index < -0.39 is 4.92 Å². The fourth-order valence-electron chi connectivity index (χ4n) is 1.63. The third kappa shape index (κ3) is 3.84. The van der Waals surface area contributed by atoms with Gasteiger partial charge in [-0.2, -0.15) is 0 Å². The molecule has 0 unspecified atom stereocenters. The Morgan fingerprint density at radius 2 is 2.25 bits per heavy atom. The summed E-state index contributed by atoms with van der Waals surface area (Å²) >= 11 is 1.03. The van der Waals surface area contributed by atoms with Crippen LogP contribution in [0.25, 0.3) is 10.8 Å². The monoisotopic (exact) mass is 296 g/mol. The van der Waals surface area contributed by atoms with Crippen molar-refractivity contribution in [2.45, 2.75) is 32.7 Å². The van der Waals surface area contributed by atoms with Crippen molar-refractivity contribution in [1.29, 1.82) is 0 Å². The zero-order valence-corrected chi connectivity index (χ0v) is 12.1. The van der Waals surface area contributed by atoms with E-state index in [0.29, 0.717) is 29.1 Å². The van der Waals surface area contributed by atoms with Crippen molar-refractivity contribution in [3.05, 3.63) is 28.1 Å². The minimum Gasteiger partial charge on any atom is -0.420 e. The standard InChI is InChI=1S/C12H16N4O3S/c1-8(2)13-7-3-4-10-14-15-12(19-10)9-5-6-11(20-9)16(17)18/h5-6,8,13H,3-4,7H2,1-2H3. The van der Waals surface area contributed by atoms with Gasteiger partial charge in [-0.15, -0.1) is 10.2 Å². The van der Waals surface area contributed by atoms with Gasteiger partial charge in [0.15, 0.2) is 0 Å². The Morgan fingerprint density at radius 1 is 1.45 bits per heavy atom. The molecule has 0 aliphatic rings. The summed E-state index contributed by atoms with van der Waals surface area (Å²) in [7, 11) is 0. The molecule has 20 heavy (non-hydrogen) atoms. The number of nitro groups is 1. The third-order valence-electron chi connectivity index (χ3n) is 2.57. The van der Waals surface area contributed by atoms with Gasteiger partial charge in [-0.05, 0) is 19.0 Å². The van der Waals surface area contributed by atoms with Crippen LogP contribution in [0.1, 0.15) is 26.2 Å². The molecule has 0 fully saturated rings. The van der Waals surface area contributed by atoms with E-state index in [2.05, 4.69) is 29.4 Å². The fraction of sp³-hybridized carbons (Fsp3) is 0.500. The first-order chi connectivity index (χ1) is 9.56. The summed E-state index contributed by atoms with van der Waals surface area (Å²) in [6.07, 6.45) is 1.60. The second-order valence-electron chi connectivity index (χ2n) is 4.61. The van der Waals surface area contributed by atoms with E-state index in [0.717, 1.165) is 24.3 Å². The molecule has 2 aromatic rings. The quantitative estimate of drug-likeness (QED) is 0.479. The van der Waals surface area contributed by atoms with Crippen molar-refractivity contribution in [3.63, 3.8) is 0 Å². The van der Waals surface area contributed by atoms with E-state index in [4.69, 9.17) is 4.42 Å². The SMILES string of the molecule is CC(C)NCCCc1nnc(-c2ccc([N+](=O)[O-])s2)o1. The molecule has 0 aliphatic heterocycles. The Kier molecular flexibility index (Phi) is 4.80. The smallest absolute Gasteiger partial charge is 0.324 e. The summed E-state index contributed by atoms with van der Waals surface area (Å²) in [6.45, 7) is 5.07. The van der Waals surface area contributed by atoms with Crippen molar-refractivity contribution in [2.75, 3.05) is 6.54 Å². The number of nitrogens with zero attached hydrogens (tertiary/aromatic N) is 3. The molecule has 0 atom stereocenters. The van der Waals surface area contributed by atoms with Crippen molar-refractivity contribution in [1.82, 2.24) is 15.5 Å². The summed E-state index contributed by atoms with van der Waals surface area (Å²) in [4.78, 5) is 10.8. The van der Waals surface area contributed by atoms with E-state index in [9.17, 15) is 10.1 Å². The summed E-state index contributed by atoms with van der Waals surface area (Å²) in [6, 6.07) is 3.52. The van der Waals surface area contributed by atoms with Crippen LogP contribution in [0.4, 0.5) is 5.00 Å². The Morgan fingerprint density at radius 3 is 2.90 bits per heavy atom. The molecule has 0 saturated heterocycles. The van der Waals surface area contributed by atoms with Gasteiger partial charge in [0, 0.05) is 18.5 Å². The lowest BCUT2D eigenvalue weighted by Crippen LogP contribution is -2.23. The highest BCUT2D eigenvalue weighted by atomic mass is 32.1. The van der Waals surface area contributed by atoms with Gasteiger partial charge in [0.2, 0.25) is 5.89 Å². The van der Waals surface area contributed by atoms with Crippen molar-refractivity contribution in [3.8, 4) is 10.8 Å². The van der Waals surface area contributed by atoms with E-state index in [1.165, 1.54) is 6.07 Å². The predicted octanol–water partition coefficient (Wildman–Crippen LogP) is 2.64. The second kappa shape index (κ2) is 6.58. The molecule has 108 valence electrons. The van der Waals surface area contributed by atoms with Crippen LogP contribution in [0.3, 0.4) is 0 Å². The fourth-order valence-corrected chi connectivity index (χ4v) is 2.37. The number of aryl methyl sites for hydroxylation is 1. The maximum absolute atomic E-state index is 10.6. The van der Waals surface area contributed by atoms with Crippen LogP contribution < -0.4 is 5.32 Å². The summed E-state index contributed by atoms with van der Waals surface area (Å²) in [5.41, 5.74) is 0. The molecule has 2 aromatic heterocycles. The number of rotatable bonds is 7. The lowest BCUT2D eigenvalue weighted by Gasteiger charge is -2.05. The summed E-state index contributed by atoms with van der Waals surface area (Å²) in [5.74, 6) is 0.900. The average molecular weight is 296 g/mol. The highest BCUT2D eigenvalue weighted by molar-refractivity contribution is 7.18. The molecular weight excluding hydrogens is 280 g/mol. The topological polar surface area (TPSA) is 94.1 Å². The molecule has 0 bridgehead atoms. The minimum absolute atomic E-state index is 0.0703. The van der Waals surface area contributed by atoms with Gasteiger partial charge in [-0.3, -0.25) is 10.1 Å². The van der Waals surface area contributed by atoms with Gasteiger partial charge in [0.05, 0.1) is 9.80 Å². The zero-order chi connectivity index (χ0) is 14.5. The maximum atomic E-state index is 10.6.